The lowest BCUT2D eigenvalue weighted by Crippen LogP contribution is -2.08. The normalized spacial score (nSPS) is 10.5. The third kappa shape index (κ3) is 2.08. The third-order valence-corrected chi connectivity index (χ3v) is 2.09. The molecule has 0 saturated heterocycles. The van der Waals surface area contributed by atoms with Crippen molar-refractivity contribution in [1.82, 2.24) is 0 Å². The van der Waals surface area contributed by atoms with Crippen LogP contribution in [0.25, 0.3) is 0 Å². The van der Waals surface area contributed by atoms with E-state index in [0.717, 1.165) is 5.56 Å². The van der Waals surface area contributed by atoms with Crippen LogP contribution in [-0.2, 0) is 0 Å². The zero-order chi connectivity index (χ0) is 10.0. The molecular weight excluding hydrogens is 162 g/mol. The summed E-state index contributed by atoms with van der Waals surface area (Å²) in [6.45, 7) is 5.70. The van der Waals surface area contributed by atoms with Crippen molar-refractivity contribution < 1.29 is 4.79 Å². The molecule has 2 nitrogen and oxygen atoms in total. The molecule has 0 aromatic heterocycles. The van der Waals surface area contributed by atoms with E-state index >= 15 is 0 Å². The number of nitrogen functional groups attached to an aromatic ring is 1. The highest BCUT2D eigenvalue weighted by atomic mass is 16.1. The van der Waals surface area contributed by atoms with E-state index in [1.165, 1.54) is 0 Å². The van der Waals surface area contributed by atoms with Crippen molar-refractivity contribution in [2.45, 2.75) is 20.8 Å². The van der Waals surface area contributed by atoms with Gasteiger partial charge in [0.2, 0.25) is 0 Å². The van der Waals surface area contributed by atoms with Gasteiger partial charge in [-0.05, 0) is 18.6 Å². The Morgan fingerprint density at radius 3 is 2.46 bits per heavy atom. The Bertz CT molecular complexity index is 329. The summed E-state index contributed by atoms with van der Waals surface area (Å²) in [7, 11) is 0. The number of ketones is 1. The summed E-state index contributed by atoms with van der Waals surface area (Å²) >= 11 is 0. The van der Waals surface area contributed by atoms with Gasteiger partial charge >= 0.3 is 0 Å². The Hall–Kier alpha value is -1.31. The fourth-order valence-electron chi connectivity index (χ4n) is 1.13. The molecule has 13 heavy (non-hydrogen) atoms. The van der Waals surface area contributed by atoms with Crippen molar-refractivity contribution >= 4 is 11.5 Å². The van der Waals surface area contributed by atoms with Crippen molar-refractivity contribution in [3.63, 3.8) is 0 Å². The van der Waals surface area contributed by atoms with Crippen molar-refractivity contribution in [1.29, 1.82) is 0 Å². The van der Waals surface area contributed by atoms with Crippen LogP contribution in [0.1, 0.15) is 29.8 Å². The Labute approximate surface area is 78.8 Å². The van der Waals surface area contributed by atoms with Gasteiger partial charge in [-0.1, -0.05) is 26.0 Å². The summed E-state index contributed by atoms with van der Waals surface area (Å²) < 4.78 is 0. The van der Waals surface area contributed by atoms with Gasteiger partial charge in [-0.3, -0.25) is 4.79 Å². The van der Waals surface area contributed by atoms with Gasteiger partial charge in [0.1, 0.15) is 0 Å². The minimum atomic E-state index is 0.0297. The summed E-state index contributed by atoms with van der Waals surface area (Å²) in [6, 6.07) is 5.46. The summed E-state index contributed by atoms with van der Waals surface area (Å²) in [6.07, 6.45) is 0. The highest BCUT2D eigenvalue weighted by Gasteiger charge is 2.10. The monoisotopic (exact) mass is 177 g/mol. The van der Waals surface area contributed by atoms with Crippen LogP contribution in [0.3, 0.4) is 0 Å². The maximum absolute atomic E-state index is 11.6. The quantitative estimate of drug-likeness (QED) is 0.557. The lowest BCUT2D eigenvalue weighted by molar-refractivity contribution is 0.0939. The molecule has 70 valence electrons. The number of hydrogen-bond donors (Lipinski definition) is 1. The van der Waals surface area contributed by atoms with Gasteiger partial charge in [0.05, 0.1) is 0 Å². The largest absolute Gasteiger partial charge is 0.398 e. The first kappa shape index (κ1) is 9.78. The Kier molecular flexibility index (Phi) is 2.71. The third-order valence-electron chi connectivity index (χ3n) is 2.09. The van der Waals surface area contributed by atoms with Crippen LogP contribution in [0, 0.1) is 12.8 Å². The SMILES string of the molecule is Cc1ccc(C(=O)C(C)C)cc1N. The Balaban J connectivity index is 3.04. The highest BCUT2D eigenvalue weighted by molar-refractivity contribution is 5.98. The molecule has 0 radical (unpaired) electrons. The van der Waals surface area contributed by atoms with Crippen LogP contribution in [0.5, 0.6) is 0 Å². The Morgan fingerprint density at radius 2 is 2.00 bits per heavy atom. The molecule has 0 heterocycles. The van der Waals surface area contributed by atoms with E-state index in [0.29, 0.717) is 11.3 Å². The van der Waals surface area contributed by atoms with Crippen molar-refractivity contribution in [3.05, 3.63) is 29.3 Å². The molecule has 1 rings (SSSR count). The van der Waals surface area contributed by atoms with Crippen molar-refractivity contribution in [2.75, 3.05) is 5.73 Å². The first-order valence-corrected chi connectivity index (χ1v) is 4.42. The molecule has 0 aliphatic rings. The maximum Gasteiger partial charge on any atom is 0.165 e. The summed E-state index contributed by atoms with van der Waals surface area (Å²) in [5, 5.41) is 0. The molecule has 0 saturated carbocycles. The van der Waals surface area contributed by atoms with Crippen LogP contribution in [0.2, 0.25) is 0 Å². The zero-order valence-electron chi connectivity index (χ0n) is 8.29. The number of aryl methyl sites for hydroxylation is 1. The number of anilines is 1. The molecule has 0 aliphatic heterocycles. The number of Topliss-reactive ketones (excluding diaryl/α,β-unsaturated/α-hetero) is 1. The number of carbonyl (C=O) groups excluding carboxylic acids is 1. The molecule has 0 spiro atoms. The first-order chi connectivity index (χ1) is 6.02. The minimum Gasteiger partial charge on any atom is -0.398 e. The van der Waals surface area contributed by atoms with E-state index < -0.39 is 0 Å². The summed E-state index contributed by atoms with van der Waals surface area (Å²) in [4.78, 5) is 11.6. The molecule has 0 aliphatic carbocycles. The average molecular weight is 177 g/mol. The van der Waals surface area contributed by atoms with Crippen molar-refractivity contribution in [2.24, 2.45) is 5.92 Å². The standard InChI is InChI=1S/C11H15NO/c1-7(2)11(13)9-5-4-8(3)10(12)6-9/h4-7H,12H2,1-3H3. The average Bonchev–Trinajstić information content (AvgIpc) is 2.08. The van der Waals surface area contributed by atoms with Crippen LogP contribution in [-0.4, -0.2) is 5.78 Å². The van der Waals surface area contributed by atoms with E-state index in [1.807, 2.05) is 32.9 Å². The van der Waals surface area contributed by atoms with Crippen LogP contribution >= 0.6 is 0 Å². The second-order valence-corrected chi connectivity index (χ2v) is 3.59. The van der Waals surface area contributed by atoms with Gasteiger partial charge in [-0.2, -0.15) is 0 Å². The molecular formula is C11H15NO. The van der Waals surface area contributed by atoms with Crippen LogP contribution in [0.15, 0.2) is 18.2 Å². The van der Waals surface area contributed by atoms with E-state index in [-0.39, 0.29) is 11.7 Å². The fraction of sp³-hybridized carbons (Fsp3) is 0.364. The molecule has 0 bridgehead atoms. The van der Waals surface area contributed by atoms with Gasteiger partial charge < -0.3 is 5.73 Å². The molecule has 1 aromatic rings. The predicted molar refractivity (Wildman–Crippen MR) is 54.8 cm³/mol. The number of rotatable bonds is 2. The van der Waals surface area contributed by atoms with Gasteiger partial charge in [0, 0.05) is 17.2 Å². The number of nitrogens with two attached hydrogens (primary N) is 1. The second-order valence-electron chi connectivity index (χ2n) is 3.59. The molecule has 0 unspecified atom stereocenters. The molecule has 2 N–H and O–H groups in total. The zero-order valence-corrected chi connectivity index (χ0v) is 8.29. The van der Waals surface area contributed by atoms with E-state index in [9.17, 15) is 4.79 Å². The first-order valence-electron chi connectivity index (χ1n) is 4.42. The molecule has 1 aromatic carbocycles. The van der Waals surface area contributed by atoms with Gasteiger partial charge in [-0.25, -0.2) is 0 Å². The highest BCUT2D eigenvalue weighted by Crippen LogP contribution is 2.15. The minimum absolute atomic E-state index is 0.0297. The lowest BCUT2D eigenvalue weighted by Gasteiger charge is -2.06. The Morgan fingerprint density at radius 1 is 1.38 bits per heavy atom. The fourth-order valence-corrected chi connectivity index (χ4v) is 1.13. The number of carbonyl (C=O) groups is 1. The van der Waals surface area contributed by atoms with E-state index in [4.69, 9.17) is 5.73 Å². The van der Waals surface area contributed by atoms with Crippen molar-refractivity contribution in [3.8, 4) is 0 Å². The molecule has 2 heteroatoms. The van der Waals surface area contributed by atoms with Gasteiger partial charge in [0.25, 0.3) is 0 Å². The number of hydrogen-bond acceptors (Lipinski definition) is 2. The lowest BCUT2D eigenvalue weighted by atomic mass is 9.99. The van der Waals surface area contributed by atoms with Crippen LogP contribution in [0.4, 0.5) is 5.69 Å². The van der Waals surface area contributed by atoms with Crippen LogP contribution < -0.4 is 5.73 Å². The maximum atomic E-state index is 11.6. The van der Waals surface area contributed by atoms with Gasteiger partial charge in [0.15, 0.2) is 5.78 Å². The molecule has 0 atom stereocenters. The second kappa shape index (κ2) is 3.60. The summed E-state index contributed by atoms with van der Waals surface area (Å²) in [5.41, 5.74) is 8.11. The molecule has 0 fully saturated rings. The van der Waals surface area contributed by atoms with Gasteiger partial charge in [-0.15, -0.1) is 0 Å². The van der Waals surface area contributed by atoms with E-state index in [2.05, 4.69) is 0 Å². The topological polar surface area (TPSA) is 43.1 Å². The summed E-state index contributed by atoms with van der Waals surface area (Å²) in [5.74, 6) is 0.175. The predicted octanol–water partition coefficient (Wildman–Crippen LogP) is 2.42. The van der Waals surface area contributed by atoms with E-state index in [1.54, 1.807) is 6.07 Å². The smallest absolute Gasteiger partial charge is 0.165 e. The number of benzene rings is 1. The molecule has 0 amide bonds.